The van der Waals surface area contributed by atoms with Crippen molar-refractivity contribution in [2.45, 2.75) is 26.4 Å². The van der Waals surface area contributed by atoms with Gasteiger partial charge in [0.05, 0.1) is 45.8 Å². The molecule has 0 saturated heterocycles. The van der Waals surface area contributed by atoms with Crippen LogP contribution < -0.4 is 10.1 Å². The van der Waals surface area contributed by atoms with Gasteiger partial charge in [-0.3, -0.25) is 4.68 Å². The summed E-state index contributed by atoms with van der Waals surface area (Å²) < 4.78 is 46.4. The summed E-state index contributed by atoms with van der Waals surface area (Å²) >= 11 is 1.52. The predicted molar refractivity (Wildman–Crippen MR) is 164 cm³/mol. The molecule has 11 heteroatoms. The molecule has 0 saturated carbocycles. The molecule has 0 amide bonds. The van der Waals surface area contributed by atoms with Gasteiger partial charge in [-0.2, -0.15) is 5.10 Å². The molecular weight excluding hydrogens is 570 g/mol. The standard InChI is InChI=1S/C32H30F2N6O2S/c1-17-26-16-24(38-40(26)9-8-35-17)31-28(29-22(34)14-20(33)15-27(29)42-11-10-41-4)21-7-12-43-32(21)30(37-31)19-5-6-25-23(13-19)36-18(2)39(25)3/h5-7,12-17,35H,8-11H2,1-4H3/t17-/m1/s1. The Bertz CT molecular complexity index is 2010. The van der Waals surface area contributed by atoms with Crippen LogP contribution >= 0.6 is 11.3 Å². The van der Waals surface area contributed by atoms with E-state index in [4.69, 9.17) is 24.5 Å². The Morgan fingerprint density at radius 3 is 2.72 bits per heavy atom. The third-order valence-electron chi connectivity index (χ3n) is 8.07. The minimum absolute atomic E-state index is 0.0854. The number of fused-ring (bicyclic) bond motifs is 3. The van der Waals surface area contributed by atoms with E-state index < -0.39 is 11.6 Å². The maximum atomic E-state index is 15.9. The minimum Gasteiger partial charge on any atom is -0.490 e. The lowest BCUT2D eigenvalue weighted by atomic mass is 9.95. The number of imidazole rings is 1. The lowest BCUT2D eigenvalue weighted by molar-refractivity contribution is 0.146. The van der Waals surface area contributed by atoms with Gasteiger partial charge in [0.25, 0.3) is 0 Å². The average Bonchev–Trinajstić information content (AvgIpc) is 3.71. The molecule has 2 aromatic carbocycles. The van der Waals surface area contributed by atoms with Gasteiger partial charge in [0.1, 0.15) is 41.2 Å². The summed E-state index contributed by atoms with van der Waals surface area (Å²) in [6.07, 6.45) is 0. The lowest BCUT2D eigenvalue weighted by Gasteiger charge is -2.21. The third-order valence-corrected chi connectivity index (χ3v) is 8.99. The van der Waals surface area contributed by atoms with E-state index in [0.717, 1.165) is 56.5 Å². The first-order chi connectivity index (χ1) is 20.8. The Morgan fingerprint density at radius 2 is 1.91 bits per heavy atom. The molecule has 0 bridgehead atoms. The normalized spacial score (nSPS) is 15.0. The number of thiophene rings is 1. The van der Waals surface area contributed by atoms with E-state index in [9.17, 15) is 4.39 Å². The van der Waals surface area contributed by atoms with Crippen molar-refractivity contribution in [1.82, 2.24) is 29.6 Å². The van der Waals surface area contributed by atoms with Gasteiger partial charge < -0.3 is 19.4 Å². The van der Waals surface area contributed by atoms with Crippen molar-refractivity contribution in [3.05, 3.63) is 71.0 Å². The van der Waals surface area contributed by atoms with Gasteiger partial charge in [0.15, 0.2) is 0 Å². The molecule has 0 aliphatic carbocycles. The number of nitrogens with one attached hydrogen (secondary N) is 1. The summed E-state index contributed by atoms with van der Waals surface area (Å²) in [6, 6.07) is 12.3. The summed E-state index contributed by atoms with van der Waals surface area (Å²) in [6.45, 7) is 5.95. The van der Waals surface area contributed by atoms with Crippen LogP contribution in [0.25, 0.3) is 54.9 Å². The Balaban J connectivity index is 1.53. The summed E-state index contributed by atoms with van der Waals surface area (Å²) in [5.41, 5.74) is 6.30. The van der Waals surface area contributed by atoms with Crippen LogP contribution in [-0.4, -0.2) is 51.2 Å². The van der Waals surface area contributed by atoms with Crippen LogP contribution in [-0.2, 0) is 18.3 Å². The number of methoxy groups -OCH3 is 1. The van der Waals surface area contributed by atoms with Crippen LogP contribution in [0, 0.1) is 18.6 Å². The molecule has 1 atom stereocenters. The van der Waals surface area contributed by atoms with Gasteiger partial charge in [-0.05, 0) is 43.5 Å². The smallest absolute Gasteiger partial charge is 0.137 e. The second-order valence-electron chi connectivity index (χ2n) is 10.7. The third kappa shape index (κ3) is 4.68. The highest BCUT2D eigenvalue weighted by molar-refractivity contribution is 7.17. The molecule has 0 unspecified atom stereocenters. The van der Waals surface area contributed by atoms with Crippen molar-refractivity contribution >= 4 is 32.5 Å². The fourth-order valence-electron chi connectivity index (χ4n) is 5.84. The highest BCUT2D eigenvalue weighted by Crippen LogP contribution is 2.47. The average molecular weight is 601 g/mol. The zero-order chi connectivity index (χ0) is 29.8. The first kappa shape index (κ1) is 27.6. The number of benzene rings is 2. The highest BCUT2D eigenvalue weighted by atomic mass is 32.1. The number of hydrogen-bond acceptors (Lipinski definition) is 7. The van der Waals surface area contributed by atoms with E-state index in [1.165, 1.54) is 17.4 Å². The molecule has 0 spiro atoms. The second kappa shape index (κ2) is 10.8. The fraction of sp³-hybridized carbons (Fsp3) is 0.281. The summed E-state index contributed by atoms with van der Waals surface area (Å²) in [4.78, 5) is 9.97. The van der Waals surface area contributed by atoms with Crippen molar-refractivity contribution in [2.24, 2.45) is 7.05 Å². The van der Waals surface area contributed by atoms with Crippen molar-refractivity contribution in [3.63, 3.8) is 0 Å². The molecule has 220 valence electrons. The lowest BCUT2D eigenvalue weighted by Crippen LogP contribution is -2.31. The van der Waals surface area contributed by atoms with Crippen LogP contribution in [0.4, 0.5) is 8.78 Å². The quantitative estimate of drug-likeness (QED) is 0.207. The first-order valence-corrected chi connectivity index (χ1v) is 15.0. The van der Waals surface area contributed by atoms with Gasteiger partial charge >= 0.3 is 0 Å². The van der Waals surface area contributed by atoms with Crippen LogP contribution in [0.1, 0.15) is 24.5 Å². The Hall–Kier alpha value is -4.19. The molecular formula is C32H30F2N6O2S. The van der Waals surface area contributed by atoms with Crippen LogP contribution in [0.3, 0.4) is 0 Å². The topological polar surface area (TPSA) is 79.0 Å². The zero-order valence-corrected chi connectivity index (χ0v) is 25.1. The van der Waals surface area contributed by atoms with Gasteiger partial charge in [-0.25, -0.2) is 18.7 Å². The Kier molecular flexibility index (Phi) is 6.95. The number of aryl methyl sites for hydroxylation is 2. The summed E-state index contributed by atoms with van der Waals surface area (Å²) in [5, 5.41) is 11.2. The second-order valence-corrected chi connectivity index (χ2v) is 11.6. The molecule has 4 aromatic heterocycles. The molecule has 7 rings (SSSR count). The molecule has 6 aromatic rings. The first-order valence-electron chi connectivity index (χ1n) is 14.1. The molecule has 0 fully saturated rings. The zero-order valence-electron chi connectivity index (χ0n) is 24.2. The molecule has 1 N–H and O–H groups in total. The summed E-state index contributed by atoms with van der Waals surface area (Å²) in [7, 11) is 3.54. The van der Waals surface area contributed by atoms with Crippen LogP contribution in [0.5, 0.6) is 5.75 Å². The van der Waals surface area contributed by atoms with Gasteiger partial charge in [-0.15, -0.1) is 11.3 Å². The van der Waals surface area contributed by atoms with Gasteiger partial charge in [-0.1, -0.05) is 6.07 Å². The monoisotopic (exact) mass is 600 g/mol. The Labute approximate surface area is 250 Å². The molecule has 43 heavy (non-hydrogen) atoms. The number of aromatic nitrogens is 5. The number of nitrogens with zero attached hydrogens (tertiary/aromatic N) is 5. The van der Waals surface area contributed by atoms with Crippen molar-refractivity contribution < 1.29 is 18.3 Å². The maximum Gasteiger partial charge on any atom is 0.137 e. The van der Waals surface area contributed by atoms with Crippen molar-refractivity contribution in [3.8, 4) is 39.5 Å². The fourth-order valence-corrected chi connectivity index (χ4v) is 6.76. The number of pyridine rings is 1. The molecule has 5 heterocycles. The SMILES string of the molecule is COCCOc1cc(F)cc(F)c1-c1c(-c2cc3n(n2)CCN[C@@H]3C)nc(-c2ccc3c(c2)nc(C)n3C)c2sccc12. The van der Waals surface area contributed by atoms with Gasteiger partial charge in [0.2, 0.25) is 0 Å². The molecule has 8 nitrogen and oxygen atoms in total. The van der Waals surface area contributed by atoms with E-state index in [0.29, 0.717) is 23.5 Å². The highest BCUT2D eigenvalue weighted by Gasteiger charge is 2.28. The minimum atomic E-state index is -0.736. The van der Waals surface area contributed by atoms with E-state index in [-0.39, 0.29) is 30.6 Å². The Morgan fingerprint density at radius 1 is 1.05 bits per heavy atom. The van der Waals surface area contributed by atoms with Crippen molar-refractivity contribution in [1.29, 1.82) is 0 Å². The maximum absolute atomic E-state index is 15.9. The largest absolute Gasteiger partial charge is 0.490 e. The predicted octanol–water partition coefficient (Wildman–Crippen LogP) is 6.66. The molecule has 1 aliphatic rings. The van der Waals surface area contributed by atoms with E-state index in [2.05, 4.69) is 16.8 Å². The van der Waals surface area contributed by atoms with Gasteiger partial charge in [0, 0.05) is 55.4 Å². The van der Waals surface area contributed by atoms with E-state index in [1.807, 2.05) is 54.4 Å². The molecule has 0 radical (unpaired) electrons. The number of rotatable bonds is 7. The van der Waals surface area contributed by atoms with E-state index in [1.54, 1.807) is 7.11 Å². The molecule has 1 aliphatic heterocycles. The number of halogens is 2. The van der Waals surface area contributed by atoms with E-state index >= 15 is 4.39 Å². The number of hydrogen-bond donors (Lipinski definition) is 1. The summed E-state index contributed by atoms with van der Waals surface area (Å²) in [5.74, 6) is -0.462. The number of ether oxygens (including phenoxy) is 2. The van der Waals surface area contributed by atoms with Crippen LogP contribution in [0.15, 0.2) is 47.8 Å². The van der Waals surface area contributed by atoms with Crippen molar-refractivity contribution in [2.75, 3.05) is 26.9 Å². The van der Waals surface area contributed by atoms with Crippen LogP contribution in [0.2, 0.25) is 0 Å².